The molecule has 1 unspecified atom stereocenters. The topological polar surface area (TPSA) is 57.7 Å². The number of hydrogen-bond acceptors (Lipinski definition) is 3. The van der Waals surface area contributed by atoms with Crippen LogP contribution in [0.3, 0.4) is 0 Å². The minimum absolute atomic E-state index is 0.0213. The fourth-order valence-electron chi connectivity index (χ4n) is 4.84. The van der Waals surface area contributed by atoms with E-state index in [1.54, 1.807) is 4.31 Å². The third-order valence-electron chi connectivity index (χ3n) is 6.84. The Bertz CT molecular complexity index is 1030. The number of aryl methyl sites for hydroxylation is 2. The number of rotatable bonds is 5. The van der Waals surface area contributed by atoms with Crippen molar-refractivity contribution in [2.45, 2.75) is 51.3 Å². The molecule has 2 aliphatic heterocycles. The van der Waals surface area contributed by atoms with Crippen LogP contribution in [0.25, 0.3) is 0 Å². The molecule has 5 nitrogen and oxygen atoms in total. The first-order valence-corrected chi connectivity index (χ1v) is 12.9. The molecule has 2 heterocycles. The molecule has 31 heavy (non-hydrogen) atoms. The summed E-state index contributed by atoms with van der Waals surface area (Å²) >= 11 is 0. The molecule has 0 bridgehead atoms. The Hall–Kier alpha value is -2.18. The number of nitrogens with zero attached hydrogens (tertiary/aromatic N) is 2. The summed E-state index contributed by atoms with van der Waals surface area (Å²) < 4.78 is 27.2. The van der Waals surface area contributed by atoms with E-state index in [9.17, 15) is 13.2 Å². The Morgan fingerprint density at radius 3 is 2.32 bits per heavy atom. The van der Waals surface area contributed by atoms with E-state index in [0.29, 0.717) is 25.9 Å². The molecule has 0 saturated carbocycles. The van der Waals surface area contributed by atoms with Gasteiger partial charge in [0.05, 0.1) is 11.8 Å². The van der Waals surface area contributed by atoms with Gasteiger partial charge in [-0.1, -0.05) is 48.5 Å². The summed E-state index contributed by atoms with van der Waals surface area (Å²) in [6.07, 6.45) is 3.22. The van der Waals surface area contributed by atoms with Crippen molar-refractivity contribution < 1.29 is 13.2 Å². The Labute approximate surface area is 186 Å². The summed E-state index contributed by atoms with van der Waals surface area (Å²) in [5.74, 6) is 0.129. The van der Waals surface area contributed by atoms with Gasteiger partial charge >= 0.3 is 0 Å². The summed E-state index contributed by atoms with van der Waals surface area (Å²) in [6, 6.07) is 15.9. The predicted molar refractivity (Wildman–Crippen MR) is 123 cm³/mol. The van der Waals surface area contributed by atoms with Crippen molar-refractivity contribution in [3.63, 3.8) is 0 Å². The van der Waals surface area contributed by atoms with Gasteiger partial charge in [0, 0.05) is 25.6 Å². The first-order chi connectivity index (χ1) is 14.8. The van der Waals surface area contributed by atoms with Gasteiger partial charge in [-0.05, 0) is 61.8 Å². The maximum absolute atomic E-state index is 13.3. The van der Waals surface area contributed by atoms with Gasteiger partial charge < -0.3 is 4.90 Å². The molecule has 2 aliphatic rings. The van der Waals surface area contributed by atoms with Gasteiger partial charge in [-0.25, -0.2) is 12.7 Å². The second kappa shape index (κ2) is 9.13. The number of sulfonamides is 1. The van der Waals surface area contributed by atoms with Crippen LogP contribution in [0.15, 0.2) is 48.5 Å². The van der Waals surface area contributed by atoms with Crippen LogP contribution in [0.1, 0.15) is 54.0 Å². The highest BCUT2D eigenvalue weighted by Gasteiger charge is 2.37. The molecule has 166 valence electrons. The smallest absolute Gasteiger partial charge is 0.226 e. The standard InChI is InChI=1S/C25H32N2O3S/c1-19-10-11-23(17-20(19)2)24-9-6-14-27(24)25(28)22-12-15-26(16-13-22)31(29,30)18-21-7-4-3-5-8-21/h3-5,7-8,10-11,17,22,24H,6,9,12-16,18H2,1-2H3. The average molecular weight is 441 g/mol. The molecule has 2 aromatic rings. The van der Waals surface area contributed by atoms with Crippen LogP contribution < -0.4 is 0 Å². The van der Waals surface area contributed by atoms with Gasteiger partial charge in [0.25, 0.3) is 0 Å². The minimum Gasteiger partial charge on any atom is -0.335 e. The van der Waals surface area contributed by atoms with Crippen molar-refractivity contribution in [1.82, 2.24) is 9.21 Å². The normalized spacial score (nSPS) is 20.8. The number of carbonyl (C=O) groups is 1. The molecule has 4 rings (SSSR count). The zero-order chi connectivity index (χ0) is 22.0. The molecular formula is C25H32N2O3S. The molecule has 0 radical (unpaired) electrons. The maximum Gasteiger partial charge on any atom is 0.226 e. The van der Waals surface area contributed by atoms with E-state index in [1.807, 2.05) is 35.2 Å². The first kappa shape index (κ1) is 22.0. The van der Waals surface area contributed by atoms with E-state index in [0.717, 1.165) is 24.9 Å². The average Bonchev–Trinajstić information content (AvgIpc) is 3.25. The molecule has 6 heteroatoms. The largest absolute Gasteiger partial charge is 0.335 e. The predicted octanol–water partition coefficient (Wildman–Crippen LogP) is 4.21. The van der Waals surface area contributed by atoms with E-state index >= 15 is 0 Å². The van der Waals surface area contributed by atoms with Gasteiger partial charge in [-0.2, -0.15) is 0 Å². The molecule has 0 spiro atoms. The van der Waals surface area contributed by atoms with Crippen LogP contribution in [0.5, 0.6) is 0 Å². The van der Waals surface area contributed by atoms with Crippen molar-refractivity contribution in [3.8, 4) is 0 Å². The molecule has 2 aromatic carbocycles. The van der Waals surface area contributed by atoms with Crippen LogP contribution in [0.2, 0.25) is 0 Å². The Kier molecular flexibility index (Phi) is 6.49. The monoisotopic (exact) mass is 440 g/mol. The zero-order valence-corrected chi connectivity index (χ0v) is 19.3. The van der Waals surface area contributed by atoms with Crippen molar-refractivity contribution in [2.75, 3.05) is 19.6 Å². The number of carbonyl (C=O) groups excluding carboxylic acids is 1. The van der Waals surface area contributed by atoms with Crippen LogP contribution in [-0.2, 0) is 20.6 Å². The van der Waals surface area contributed by atoms with Gasteiger partial charge in [0.1, 0.15) is 0 Å². The molecule has 2 fully saturated rings. The van der Waals surface area contributed by atoms with Crippen LogP contribution in [0.4, 0.5) is 0 Å². The summed E-state index contributed by atoms with van der Waals surface area (Å²) in [5, 5.41) is 0. The fraction of sp³-hybridized carbons (Fsp3) is 0.480. The van der Waals surface area contributed by atoms with Crippen LogP contribution in [0, 0.1) is 19.8 Å². The van der Waals surface area contributed by atoms with Crippen LogP contribution >= 0.6 is 0 Å². The second-order valence-electron chi connectivity index (χ2n) is 8.95. The van der Waals surface area contributed by atoms with Crippen molar-refractivity contribution >= 4 is 15.9 Å². The first-order valence-electron chi connectivity index (χ1n) is 11.2. The zero-order valence-electron chi connectivity index (χ0n) is 18.5. The molecule has 0 aromatic heterocycles. The summed E-state index contributed by atoms with van der Waals surface area (Å²) in [7, 11) is -3.36. The van der Waals surface area contributed by atoms with Gasteiger partial charge in [-0.15, -0.1) is 0 Å². The lowest BCUT2D eigenvalue weighted by molar-refractivity contribution is -0.137. The molecule has 1 amide bonds. The SMILES string of the molecule is Cc1ccc(C2CCCN2C(=O)C2CCN(S(=O)(=O)Cc3ccccc3)CC2)cc1C. The summed E-state index contributed by atoms with van der Waals surface area (Å²) in [5.41, 5.74) is 4.54. The second-order valence-corrected chi connectivity index (χ2v) is 10.9. The lowest BCUT2D eigenvalue weighted by Crippen LogP contribution is -2.44. The van der Waals surface area contributed by atoms with Crippen molar-refractivity contribution in [3.05, 3.63) is 70.8 Å². The van der Waals surface area contributed by atoms with E-state index in [2.05, 4.69) is 32.0 Å². The molecule has 2 saturated heterocycles. The maximum atomic E-state index is 13.3. The van der Waals surface area contributed by atoms with Crippen LogP contribution in [-0.4, -0.2) is 43.2 Å². The summed E-state index contributed by atoms with van der Waals surface area (Å²) in [4.78, 5) is 15.4. The van der Waals surface area contributed by atoms with E-state index in [-0.39, 0.29) is 23.6 Å². The highest BCUT2D eigenvalue weighted by Crippen LogP contribution is 2.35. The Balaban J connectivity index is 1.39. The lowest BCUT2D eigenvalue weighted by Gasteiger charge is -2.34. The Morgan fingerprint density at radius 2 is 1.65 bits per heavy atom. The third-order valence-corrected chi connectivity index (χ3v) is 8.69. The molecule has 0 aliphatic carbocycles. The minimum atomic E-state index is -3.36. The highest BCUT2D eigenvalue weighted by atomic mass is 32.2. The van der Waals surface area contributed by atoms with E-state index < -0.39 is 10.0 Å². The number of piperidine rings is 1. The summed E-state index contributed by atoms with van der Waals surface area (Å²) in [6.45, 7) is 5.87. The van der Waals surface area contributed by atoms with E-state index in [4.69, 9.17) is 0 Å². The van der Waals surface area contributed by atoms with Crippen molar-refractivity contribution in [2.24, 2.45) is 5.92 Å². The molecule has 1 atom stereocenters. The van der Waals surface area contributed by atoms with E-state index in [1.165, 1.54) is 16.7 Å². The number of amides is 1. The fourth-order valence-corrected chi connectivity index (χ4v) is 6.40. The lowest BCUT2D eigenvalue weighted by atomic mass is 9.94. The van der Waals surface area contributed by atoms with Crippen molar-refractivity contribution in [1.29, 1.82) is 0 Å². The Morgan fingerprint density at radius 1 is 0.935 bits per heavy atom. The third kappa shape index (κ3) is 4.85. The number of likely N-dealkylation sites (tertiary alicyclic amines) is 1. The van der Waals surface area contributed by atoms with Gasteiger partial charge in [0.15, 0.2) is 0 Å². The van der Waals surface area contributed by atoms with Gasteiger partial charge in [0.2, 0.25) is 15.9 Å². The van der Waals surface area contributed by atoms with Gasteiger partial charge in [-0.3, -0.25) is 4.79 Å². The molecular weight excluding hydrogens is 408 g/mol. The highest BCUT2D eigenvalue weighted by molar-refractivity contribution is 7.88. The number of benzene rings is 2. The quantitative estimate of drug-likeness (QED) is 0.700. The molecule has 0 N–H and O–H groups in total. The number of hydrogen-bond donors (Lipinski definition) is 0.